The monoisotopic (exact) mass is 142 g/mol. The fraction of sp³-hybridized carbons (Fsp3) is 0.875. The zero-order chi connectivity index (χ0) is 7.94. The lowest BCUT2D eigenvalue weighted by molar-refractivity contribution is -0.147. The molecule has 1 rings (SSSR count). The van der Waals surface area contributed by atoms with Crippen molar-refractivity contribution in [3.8, 4) is 0 Å². The zero-order valence-electron chi connectivity index (χ0n) is 6.97. The molecule has 2 unspecified atom stereocenters. The van der Waals surface area contributed by atoms with Gasteiger partial charge in [0.25, 0.3) is 0 Å². The van der Waals surface area contributed by atoms with Crippen LogP contribution in [0.4, 0.5) is 0 Å². The number of esters is 1. The first-order valence-electron chi connectivity index (χ1n) is 3.63. The van der Waals surface area contributed by atoms with Crippen molar-refractivity contribution >= 4 is 5.97 Å². The molecule has 0 aliphatic heterocycles. The normalized spacial score (nSPS) is 44.8. The molecular weight excluding hydrogens is 128 g/mol. The van der Waals surface area contributed by atoms with Crippen LogP contribution in [0.15, 0.2) is 0 Å². The number of hydrogen-bond donors (Lipinski definition) is 0. The molecule has 1 fully saturated rings. The number of rotatable bonds is 1. The topological polar surface area (TPSA) is 26.3 Å². The Balaban J connectivity index is 2.65. The van der Waals surface area contributed by atoms with Gasteiger partial charge >= 0.3 is 5.97 Å². The smallest absolute Gasteiger partial charge is 0.312 e. The Bertz CT molecular complexity index is 155. The van der Waals surface area contributed by atoms with Crippen LogP contribution in [0.5, 0.6) is 0 Å². The summed E-state index contributed by atoms with van der Waals surface area (Å²) < 4.78 is 4.68. The van der Waals surface area contributed by atoms with Crippen LogP contribution in [0.25, 0.3) is 0 Å². The minimum absolute atomic E-state index is 0.0625. The molecule has 0 bridgehead atoms. The minimum atomic E-state index is -0.186. The number of hydrogen-bond acceptors (Lipinski definition) is 2. The maximum Gasteiger partial charge on any atom is 0.312 e. The van der Waals surface area contributed by atoms with Crippen molar-refractivity contribution in [1.82, 2.24) is 0 Å². The summed E-state index contributed by atoms with van der Waals surface area (Å²) in [5.41, 5.74) is -0.186. The van der Waals surface area contributed by atoms with E-state index in [1.165, 1.54) is 7.11 Å². The first-order chi connectivity index (χ1) is 4.55. The third-order valence-corrected chi connectivity index (χ3v) is 3.16. The standard InChI is InChI=1S/C8H14O2/c1-5-6(2)8(5,3)7(9)10-4/h5-6H,1-4H3. The van der Waals surface area contributed by atoms with Gasteiger partial charge in [0.2, 0.25) is 0 Å². The predicted molar refractivity (Wildman–Crippen MR) is 38.5 cm³/mol. The van der Waals surface area contributed by atoms with E-state index >= 15 is 0 Å². The number of carbonyl (C=O) groups excluding carboxylic acids is 1. The molecule has 0 spiro atoms. The summed E-state index contributed by atoms with van der Waals surface area (Å²) in [6, 6.07) is 0. The summed E-state index contributed by atoms with van der Waals surface area (Å²) in [7, 11) is 1.45. The van der Waals surface area contributed by atoms with Crippen molar-refractivity contribution in [2.75, 3.05) is 7.11 Å². The van der Waals surface area contributed by atoms with Gasteiger partial charge in [0, 0.05) is 0 Å². The van der Waals surface area contributed by atoms with Crippen molar-refractivity contribution < 1.29 is 9.53 Å². The quantitative estimate of drug-likeness (QED) is 0.518. The Hall–Kier alpha value is -0.530. The van der Waals surface area contributed by atoms with Gasteiger partial charge in [0.05, 0.1) is 12.5 Å². The second-order valence-electron chi connectivity index (χ2n) is 3.35. The van der Waals surface area contributed by atoms with Crippen LogP contribution < -0.4 is 0 Å². The van der Waals surface area contributed by atoms with Crippen LogP contribution in [-0.2, 0) is 9.53 Å². The van der Waals surface area contributed by atoms with Gasteiger partial charge in [-0.15, -0.1) is 0 Å². The van der Waals surface area contributed by atoms with Gasteiger partial charge in [-0.25, -0.2) is 0 Å². The minimum Gasteiger partial charge on any atom is -0.469 e. The number of methoxy groups -OCH3 is 1. The van der Waals surface area contributed by atoms with Crippen LogP contribution in [0.2, 0.25) is 0 Å². The third-order valence-electron chi connectivity index (χ3n) is 3.16. The van der Waals surface area contributed by atoms with Crippen molar-refractivity contribution in [3.63, 3.8) is 0 Å². The van der Waals surface area contributed by atoms with Gasteiger partial charge in [-0.05, 0) is 18.8 Å². The molecule has 2 heteroatoms. The van der Waals surface area contributed by atoms with E-state index in [4.69, 9.17) is 0 Å². The van der Waals surface area contributed by atoms with E-state index in [0.717, 1.165) is 0 Å². The van der Waals surface area contributed by atoms with Crippen molar-refractivity contribution in [2.45, 2.75) is 20.8 Å². The Morgan fingerprint density at radius 2 is 1.80 bits per heavy atom. The van der Waals surface area contributed by atoms with Crippen molar-refractivity contribution in [2.24, 2.45) is 17.3 Å². The predicted octanol–water partition coefficient (Wildman–Crippen LogP) is 1.45. The van der Waals surface area contributed by atoms with Crippen LogP contribution in [0.3, 0.4) is 0 Å². The maximum absolute atomic E-state index is 11.1. The maximum atomic E-state index is 11.1. The molecule has 1 aliphatic rings. The molecule has 0 saturated heterocycles. The summed E-state index contributed by atoms with van der Waals surface area (Å²) >= 11 is 0. The molecule has 1 aliphatic carbocycles. The highest BCUT2D eigenvalue weighted by molar-refractivity contribution is 5.80. The molecule has 10 heavy (non-hydrogen) atoms. The Labute approximate surface area is 61.6 Å². The Kier molecular flexibility index (Phi) is 1.50. The van der Waals surface area contributed by atoms with E-state index in [1.807, 2.05) is 6.92 Å². The lowest BCUT2D eigenvalue weighted by atomic mass is 10.1. The van der Waals surface area contributed by atoms with Crippen LogP contribution >= 0.6 is 0 Å². The van der Waals surface area contributed by atoms with E-state index < -0.39 is 0 Å². The zero-order valence-corrected chi connectivity index (χ0v) is 6.97. The third kappa shape index (κ3) is 0.678. The van der Waals surface area contributed by atoms with Gasteiger partial charge in [-0.1, -0.05) is 13.8 Å². The molecule has 0 aromatic rings. The second kappa shape index (κ2) is 1.97. The van der Waals surface area contributed by atoms with E-state index in [-0.39, 0.29) is 11.4 Å². The lowest BCUT2D eigenvalue weighted by Crippen LogP contribution is -2.16. The molecule has 2 nitrogen and oxygen atoms in total. The average Bonchev–Trinajstić information content (AvgIpc) is 2.41. The highest BCUT2D eigenvalue weighted by atomic mass is 16.5. The van der Waals surface area contributed by atoms with Gasteiger partial charge in [0.1, 0.15) is 0 Å². The first-order valence-corrected chi connectivity index (χ1v) is 3.63. The van der Waals surface area contributed by atoms with Gasteiger partial charge in [-0.3, -0.25) is 4.79 Å². The molecule has 0 heterocycles. The molecule has 0 radical (unpaired) electrons. The number of ether oxygens (including phenoxy) is 1. The highest BCUT2D eigenvalue weighted by Crippen LogP contribution is 2.58. The van der Waals surface area contributed by atoms with Gasteiger partial charge in [-0.2, -0.15) is 0 Å². The molecular formula is C8H14O2. The Morgan fingerprint density at radius 1 is 1.40 bits per heavy atom. The molecule has 0 aromatic carbocycles. The second-order valence-corrected chi connectivity index (χ2v) is 3.35. The molecule has 0 aromatic heterocycles. The molecule has 58 valence electrons. The summed E-state index contributed by atoms with van der Waals surface area (Å²) in [6.07, 6.45) is 0. The lowest BCUT2D eigenvalue weighted by Gasteiger charge is -2.05. The SMILES string of the molecule is COC(=O)C1(C)C(C)C1C. The van der Waals surface area contributed by atoms with Crippen LogP contribution in [0.1, 0.15) is 20.8 Å². The average molecular weight is 142 g/mol. The van der Waals surface area contributed by atoms with Crippen LogP contribution in [0, 0.1) is 17.3 Å². The highest BCUT2D eigenvalue weighted by Gasteiger charge is 2.61. The first kappa shape index (κ1) is 7.58. The molecule has 2 atom stereocenters. The summed E-state index contributed by atoms with van der Waals surface area (Å²) in [5.74, 6) is 0.910. The summed E-state index contributed by atoms with van der Waals surface area (Å²) in [6.45, 7) is 6.14. The largest absolute Gasteiger partial charge is 0.469 e. The summed E-state index contributed by atoms with van der Waals surface area (Å²) in [5, 5.41) is 0. The molecule has 0 amide bonds. The molecule has 0 N–H and O–H groups in total. The van der Waals surface area contributed by atoms with E-state index in [9.17, 15) is 4.79 Å². The van der Waals surface area contributed by atoms with E-state index in [0.29, 0.717) is 11.8 Å². The van der Waals surface area contributed by atoms with Gasteiger partial charge in [0.15, 0.2) is 0 Å². The van der Waals surface area contributed by atoms with E-state index in [2.05, 4.69) is 18.6 Å². The van der Waals surface area contributed by atoms with Crippen molar-refractivity contribution in [1.29, 1.82) is 0 Å². The molecule has 1 saturated carbocycles. The van der Waals surface area contributed by atoms with Gasteiger partial charge < -0.3 is 4.74 Å². The number of carbonyl (C=O) groups is 1. The Morgan fingerprint density at radius 3 is 1.90 bits per heavy atom. The van der Waals surface area contributed by atoms with E-state index in [1.54, 1.807) is 0 Å². The fourth-order valence-electron chi connectivity index (χ4n) is 1.58. The summed E-state index contributed by atoms with van der Waals surface area (Å²) in [4.78, 5) is 11.1. The fourth-order valence-corrected chi connectivity index (χ4v) is 1.58. The van der Waals surface area contributed by atoms with Crippen molar-refractivity contribution in [3.05, 3.63) is 0 Å². The van der Waals surface area contributed by atoms with Crippen LogP contribution in [-0.4, -0.2) is 13.1 Å².